The van der Waals surface area contributed by atoms with Crippen LogP contribution in [0.3, 0.4) is 0 Å². The zero-order valence-corrected chi connectivity index (χ0v) is 11.5. The van der Waals surface area contributed by atoms with E-state index in [2.05, 4.69) is 15.3 Å². The number of benzene rings is 1. The van der Waals surface area contributed by atoms with Crippen LogP contribution in [0.1, 0.15) is 10.4 Å². The summed E-state index contributed by atoms with van der Waals surface area (Å²) in [7, 11) is 1.68. The molecule has 0 spiro atoms. The number of carbonyl (C=O) groups excluding carboxylic acids is 1. The number of rotatable bonds is 2. The van der Waals surface area contributed by atoms with Crippen molar-refractivity contribution in [3.8, 4) is 11.3 Å². The Labute approximate surface area is 124 Å². The van der Waals surface area contributed by atoms with Gasteiger partial charge in [0.05, 0.1) is 17.8 Å². The second-order valence-electron chi connectivity index (χ2n) is 4.86. The molecule has 2 aromatic rings. The van der Waals surface area contributed by atoms with Gasteiger partial charge in [-0.1, -0.05) is 0 Å². The first-order valence-electron chi connectivity index (χ1n) is 6.36. The lowest BCUT2D eigenvalue weighted by atomic mass is 10.0. The quantitative estimate of drug-likeness (QED) is 0.870. The Morgan fingerprint density at radius 1 is 1.36 bits per heavy atom. The summed E-state index contributed by atoms with van der Waals surface area (Å²) in [4.78, 5) is 32.3. The molecule has 1 aliphatic heterocycles. The zero-order valence-electron chi connectivity index (χ0n) is 11.5. The van der Waals surface area contributed by atoms with Gasteiger partial charge >= 0.3 is 5.97 Å². The molecular formula is C14H11FN4O3. The number of hydrogen-bond donors (Lipinski definition) is 2. The SMILES string of the molecule is CN1CC(=O)Nc2ncnc(-c3cc(F)cc(C(=O)O)c3)c21. The molecule has 3 rings (SSSR count). The number of fused-ring (bicyclic) bond motifs is 1. The number of hydrogen-bond acceptors (Lipinski definition) is 5. The van der Waals surface area contributed by atoms with Crippen molar-refractivity contribution in [2.75, 3.05) is 23.8 Å². The molecule has 7 nitrogen and oxygen atoms in total. The summed E-state index contributed by atoms with van der Waals surface area (Å²) in [6.07, 6.45) is 1.24. The second-order valence-corrected chi connectivity index (χ2v) is 4.86. The number of nitrogens with zero attached hydrogens (tertiary/aromatic N) is 3. The molecule has 112 valence electrons. The molecule has 0 radical (unpaired) electrons. The van der Waals surface area contributed by atoms with Gasteiger partial charge in [-0.05, 0) is 18.2 Å². The minimum absolute atomic E-state index is 0.106. The molecule has 0 unspecified atom stereocenters. The Balaban J connectivity index is 2.20. The Morgan fingerprint density at radius 3 is 2.86 bits per heavy atom. The lowest BCUT2D eigenvalue weighted by Crippen LogP contribution is -2.36. The van der Waals surface area contributed by atoms with Crippen molar-refractivity contribution in [2.24, 2.45) is 0 Å². The van der Waals surface area contributed by atoms with E-state index in [0.29, 0.717) is 22.8 Å². The van der Waals surface area contributed by atoms with Crippen LogP contribution in [0.5, 0.6) is 0 Å². The van der Waals surface area contributed by atoms with E-state index in [-0.39, 0.29) is 18.0 Å². The molecule has 1 aromatic heterocycles. The number of likely N-dealkylation sites (N-methyl/N-ethyl adjacent to an activating group) is 1. The van der Waals surface area contributed by atoms with Crippen LogP contribution in [0.25, 0.3) is 11.3 Å². The number of carboxylic acids is 1. The number of carboxylic acid groups (broad SMARTS) is 1. The van der Waals surface area contributed by atoms with Crippen molar-refractivity contribution < 1.29 is 19.1 Å². The highest BCUT2D eigenvalue weighted by Crippen LogP contribution is 2.35. The first-order chi connectivity index (χ1) is 10.5. The number of aromatic nitrogens is 2. The molecule has 1 aliphatic rings. The molecule has 0 fully saturated rings. The maximum atomic E-state index is 13.7. The summed E-state index contributed by atoms with van der Waals surface area (Å²) in [5.41, 5.74) is 1.00. The van der Waals surface area contributed by atoms with Gasteiger partial charge in [0.2, 0.25) is 5.91 Å². The van der Waals surface area contributed by atoms with Crippen LogP contribution in [0, 0.1) is 5.82 Å². The number of halogens is 1. The van der Waals surface area contributed by atoms with Crippen LogP contribution in [-0.2, 0) is 4.79 Å². The molecule has 1 amide bonds. The van der Waals surface area contributed by atoms with E-state index < -0.39 is 11.8 Å². The van der Waals surface area contributed by atoms with E-state index in [1.165, 1.54) is 18.5 Å². The van der Waals surface area contributed by atoms with Crippen molar-refractivity contribution in [1.82, 2.24) is 9.97 Å². The van der Waals surface area contributed by atoms with Crippen LogP contribution in [0.4, 0.5) is 15.9 Å². The Morgan fingerprint density at radius 2 is 2.14 bits per heavy atom. The first kappa shape index (κ1) is 13.9. The van der Waals surface area contributed by atoms with Crippen molar-refractivity contribution >= 4 is 23.4 Å². The van der Waals surface area contributed by atoms with Gasteiger partial charge < -0.3 is 15.3 Å². The number of aromatic carboxylic acids is 1. The highest BCUT2D eigenvalue weighted by molar-refractivity contribution is 6.02. The highest BCUT2D eigenvalue weighted by atomic mass is 19.1. The van der Waals surface area contributed by atoms with Gasteiger partial charge in [0, 0.05) is 12.6 Å². The lowest BCUT2D eigenvalue weighted by molar-refractivity contribution is -0.115. The standard InChI is InChI=1S/C14H11FN4O3/c1-19-5-10(20)18-13-12(19)11(16-6-17-13)7-2-8(14(21)22)4-9(15)3-7/h2-4,6H,5H2,1H3,(H,21,22)(H,16,17,18,20). The fourth-order valence-electron chi connectivity index (χ4n) is 2.36. The molecule has 1 aromatic carbocycles. The summed E-state index contributed by atoms with van der Waals surface area (Å²) >= 11 is 0. The van der Waals surface area contributed by atoms with Gasteiger partial charge in [-0.2, -0.15) is 0 Å². The molecule has 0 atom stereocenters. The predicted octanol–water partition coefficient (Wildman–Crippen LogP) is 1.37. The van der Waals surface area contributed by atoms with Crippen LogP contribution < -0.4 is 10.2 Å². The summed E-state index contributed by atoms with van der Waals surface area (Å²) in [5.74, 6) is -1.81. The third kappa shape index (κ3) is 2.34. The molecule has 0 saturated heterocycles. The number of amides is 1. The summed E-state index contributed by atoms with van der Waals surface area (Å²) in [6.45, 7) is 0.106. The van der Waals surface area contributed by atoms with E-state index in [4.69, 9.17) is 5.11 Å². The van der Waals surface area contributed by atoms with E-state index >= 15 is 0 Å². The molecule has 0 bridgehead atoms. The minimum atomic E-state index is -1.23. The maximum absolute atomic E-state index is 13.7. The number of nitrogens with one attached hydrogen (secondary N) is 1. The zero-order chi connectivity index (χ0) is 15.9. The van der Waals surface area contributed by atoms with Crippen LogP contribution >= 0.6 is 0 Å². The molecule has 22 heavy (non-hydrogen) atoms. The smallest absolute Gasteiger partial charge is 0.335 e. The van der Waals surface area contributed by atoms with Crippen molar-refractivity contribution in [2.45, 2.75) is 0 Å². The lowest BCUT2D eigenvalue weighted by Gasteiger charge is -2.27. The van der Waals surface area contributed by atoms with E-state index in [9.17, 15) is 14.0 Å². The van der Waals surface area contributed by atoms with Crippen molar-refractivity contribution in [3.63, 3.8) is 0 Å². The van der Waals surface area contributed by atoms with Crippen LogP contribution in [0.15, 0.2) is 24.5 Å². The third-order valence-electron chi connectivity index (χ3n) is 3.26. The molecular weight excluding hydrogens is 291 g/mol. The maximum Gasteiger partial charge on any atom is 0.335 e. The monoisotopic (exact) mass is 302 g/mol. The fraction of sp³-hybridized carbons (Fsp3) is 0.143. The summed E-state index contributed by atoms with van der Waals surface area (Å²) in [5, 5.41) is 11.6. The Kier molecular flexibility index (Phi) is 3.21. The van der Waals surface area contributed by atoms with Gasteiger partial charge in [-0.3, -0.25) is 4.79 Å². The Hall–Kier alpha value is -3.03. The Bertz CT molecular complexity index is 794. The molecule has 2 N–H and O–H groups in total. The summed E-state index contributed by atoms with van der Waals surface area (Å²) < 4.78 is 13.7. The van der Waals surface area contributed by atoms with Crippen molar-refractivity contribution in [3.05, 3.63) is 35.9 Å². The molecule has 0 saturated carbocycles. The molecule has 2 heterocycles. The topological polar surface area (TPSA) is 95.4 Å². The van der Waals surface area contributed by atoms with E-state index in [0.717, 1.165) is 6.07 Å². The predicted molar refractivity (Wildman–Crippen MR) is 76.3 cm³/mol. The van der Waals surface area contributed by atoms with Gasteiger partial charge in [0.15, 0.2) is 5.82 Å². The van der Waals surface area contributed by atoms with Crippen LogP contribution in [0.2, 0.25) is 0 Å². The molecule has 8 heteroatoms. The summed E-state index contributed by atoms with van der Waals surface area (Å²) in [6, 6.07) is 3.46. The van der Waals surface area contributed by atoms with Gasteiger partial charge in [-0.15, -0.1) is 0 Å². The number of carbonyl (C=O) groups is 2. The minimum Gasteiger partial charge on any atom is -0.478 e. The largest absolute Gasteiger partial charge is 0.478 e. The normalized spacial score (nSPS) is 13.5. The van der Waals surface area contributed by atoms with Gasteiger partial charge in [-0.25, -0.2) is 19.2 Å². The van der Waals surface area contributed by atoms with E-state index in [1.54, 1.807) is 11.9 Å². The fourth-order valence-corrected chi connectivity index (χ4v) is 2.36. The van der Waals surface area contributed by atoms with Crippen molar-refractivity contribution in [1.29, 1.82) is 0 Å². The van der Waals surface area contributed by atoms with Gasteiger partial charge in [0.25, 0.3) is 0 Å². The second kappa shape index (κ2) is 5.06. The number of anilines is 2. The average Bonchev–Trinajstić information content (AvgIpc) is 2.45. The first-order valence-corrected chi connectivity index (χ1v) is 6.36. The van der Waals surface area contributed by atoms with Gasteiger partial charge in [0.1, 0.15) is 17.8 Å². The van der Waals surface area contributed by atoms with Crippen LogP contribution in [-0.4, -0.2) is 40.5 Å². The average molecular weight is 302 g/mol. The molecule has 0 aliphatic carbocycles. The third-order valence-corrected chi connectivity index (χ3v) is 3.26. The van der Waals surface area contributed by atoms with E-state index in [1.807, 2.05) is 0 Å². The highest BCUT2D eigenvalue weighted by Gasteiger charge is 2.25.